The summed E-state index contributed by atoms with van der Waals surface area (Å²) >= 11 is 0. The summed E-state index contributed by atoms with van der Waals surface area (Å²) in [6, 6.07) is 10.0. The third kappa shape index (κ3) is 3.49. The molecule has 2 saturated heterocycles. The van der Waals surface area contributed by atoms with Gasteiger partial charge in [-0.3, -0.25) is 4.79 Å². The van der Waals surface area contributed by atoms with E-state index in [1.54, 1.807) is 0 Å². The highest BCUT2D eigenvalue weighted by Gasteiger charge is 2.38. The lowest BCUT2D eigenvalue weighted by Crippen LogP contribution is -2.37. The van der Waals surface area contributed by atoms with E-state index in [9.17, 15) is 9.59 Å². The van der Waals surface area contributed by atoms with Gasteiger partial charge in [-0.05, 0) is 31.4 Å². The van der Waals surface area contributed by atoms with Crippen LogP contribution in [0.2, 0.25) is 0 Å². The number of benzene rings is 1. The Hall–Kier alpha value is -2.96. The fourth-order valence-electron chi connectivity index (χ4n) is 3.99. The largest absolute Gasteiger partial charge is 0.478 e. The molecule has 1 aromatic carbocycles. The molecule has 1 aromatic heterocycles. The van der Waals surface area contributed by atoms with Crippen molar-refractivity contribution in [1.29, 1.82) is 0 Å². The first-order chi connectivity index (χ1) is 13.1. The number of carbonyl (C=O) groups is 2. The molecule has 2 aliphatic heterocycles. The topological polar surface area (TPSA) is 86.6 Å². The monoisotopic (exact) mass is 366 g/mol. The number of hydrogen-bond donors (Lipinski definition) is 1. The van der Waals surface area contributed by atoms with Crippen molar-refractivity contribution < 1.29 is 14.7 Å². The van der Waals surface area contributed by atoms with E-state index in [1.165, 1.54) is 12.4 Å². The van der Waals surface area contributed by atoms with E-state index in [2.05, 4.69) is 27.0 Å². The van der Waals surface area contributed by atoms with Gasteiger partial charge in [0.1, 0.15) is 0 Å². The Balaban J connectivity index is 1.46. The number of carbonyl (C=O) groups excluding carboxylic acids is 1. The summed E-state index contributed by atoms with van der Waals surface area (Å²) in [4.78, 5) is 36.7. The first-order valence-electron chi connectivity index (χ1n) is 9.29. The number of nitrogens with zero attached hydrogens (tertiary/aromatic N) is 4. The Bertz CT molecular complexity index is 825. The van der Waals surface area contributed by atoms with Gasteiger partial charge in [0, 0.05) is 37.7 Å². The molecule has 2 unspecified atom stereocenters. The molecule has 27 heavy (non-hydrogen) atoms. The van der Waals surface area contributed by atoms with Crippen molar-refractivity contribution in [1.82, 2.24) is 14.9 Å². The van der Waals surface area contributed by atoms with Crippen LogP contribution in [-0.2, 0) is 4.79 Å². The molecule has 7 heteroatoms. The summed E-state index contributed by atoms with van der Waals surface area (Å²) in [6.45, 7) is 2.31. The first kappa shape index (κ1) is 17.5. The first-order valence-corrected chi connectivity index (χ1v) is 9.29. The van der Waals surface area contributed by atoms with Crippen LogP contribution in [-0.4, -0.2) is 51.5 Å². The van der Waals surface area contributed by atoms with Gasteiger partial charge in [-0.25, -0.2) is 14.8 Å². The molecular formula is C20H22N4O3. The summed E-state index contributed by atoms with van der Waals surface area (Å²) in [6.07, 6.45) is 5.20. The molecule has 0 aliphatic carbocycles. The predicted octanol–water partition coefficient (Wildman–Crippen LogP) is 2.36. The minimum absolute atomic E-state index is 0.0240. The molecule has 1 amide bonds. The van der Waals surface area contributed by atoms with Gasteiger partial charge >= 0.3 is 5.97 Å². The number of para-hydroxylation sites is 1. The number of aromatic carboxylic acids is 1. The Morgan fingerprint density at radius 2 is 1.78 bits per heavy atom. The van der Waals surface area contributed by atoms with Gasteiger partial charge in [-0.1, -0.05) is 18.2 Å². The Morgan fingerprint density at radius 3 is 2.48 bits per heavy atom. The molecule has 2 atom stereocenters. The zero-order valence-electron chi connectivity index (χ0n) is 15.0. The number of carboxylic acids is 1. The van der Waals surface area contributed by atoms with Crippen molar-refractivity contribution in [3.63, 3.8) is 0 Å². The van der Waals surface area contributed by atoms with Crippen LogP contribution in [0, 0.1) is 5.92 Å². The Morgan fingerprint density at radius 1 is 1.04 bits per heavy atom. The third-order valence-corrected chi connectivity index (χ3v) is 5.41. The zero-order chi connectivity index (χ0) is 18.8. The van der Waals surface area contributed by atoms with Crippen molar-refractivity contribution in [2.45, 2.75) is 25.3 Å². The SMILES string of the molecule is O=C(O)c1cnc(C2CCCN2C(=O)C2CCN(c3ccccc3)C2)nc1. The highest BCUT2D eigenvalue weighted by atomic mass is 16.4. The van der Waals surface area contributed by atoms with Gasteiger partial charge in [0.05, 0.1) is 17.5 Å². The van der Waals surface area contributed by atoms with Crippen LogP contribution in [0.25, 0.3) is 0 Å². The van der Waals surface area contributed by atoms with Crippen LogP contribution in [0.3, 0.4) is 0 Å². The van der Waals surface area contributed by atoms with Crippen LogP contribution in [0.5, 0.6) is 0 Å². The van der Waals surface area contributed by atoms with Crippen LogP contribution in [0.4, 0.5) is 5.69 Å². The van der Waals surface area contributed by atoms with E-state index in [1.807, 2.05) is 23.1 Å². The van der Waals surface area contributed by atoms with Crippen LogP contribution >= 0.6 is 0 Å². The van der Waals surface area contributed by atoms with Crippen LogP contribution in [0.1, 0.15) is 41.5 Å². The Labute approximate surface area is 157 Å². The predicted molar refractivity (Wildman–Crippen MR) is 99.4 cm³/mol. The normalized spacial score (nSPS) is 22.2. The number of rotatable bonds is 4. The molecule has 4 rings (SSSR count). The lowest BCUT2D eigenvalue weighted by atomic mass is 10.1. The molecule has 0 radical (unpaired) electrons. The fourth-order valence-corrected chi connectivity index (χ4v) is 3.99. The molecule has 3 heterocycles. The molecule has 0 saturated carbocycles. The minimum Gasteiger partial charge on any atom is -0.478 e. The molecular weight excluding hydrogens is 344 g/mol. The van der Waals surface area contributed by atoms with Crippen molar-refractivity contribution in [2.24, 2.45) is 5.92 Å². The summed E-state index contributed by atoms with van der Waals surface area (Å²) in [5.41, 5.74) is 1.21. The second-order valence-corrected chi connectivity index (χ2v) is 7.09. The van der Waals surface area contributed by atoms with Gasteiger partial charge < -0.3 is 14.9 Å². The van der Waals surface area contributed by atoms with Gasteiger partial charge in [-0.2, -0.15) is 0 Å². The number of hydrogen-bond acceptors (Lipinski definition) is 5. The molecule has 0 bridgehead atoms. The van der Waals surface area contributed by atoms with E-state index >= 15 is 0 Å². The summed E-state index contributed by atoms with van der Waals surface area (Å²) < 4.78 is 0. The number of aromatic nitrogens is 2. The minimum atomic E-state index is -1.05. The average Bonchev–Trinajstić information content (AvgIpc) is 3.38. The third-order valence-electron chi connectivity index (χ3n) is 5.41. The van der Waals surface area contributed by atoms with Gasteiger partial charge in [-0.15, -0.1) is 0 Å². The molecule has 140 valence electrons. The summed E-state index contributed by atoms with van der Waals surface area (Å²) in [7, 11) is 0. The molecule has 1 N–H and O–H groups in total. The van der Waals surface area contributed by atoms with E-state index in [0.29, 0.717) is 12.4 Å². The average molecular weight is 366 g/mol. The van der Waals surface area contributed by atoms with E-state index in [0.717, 1.165) is 38.0 Å². The molecule has 2 aromatic rings. The maximum Gasteiger partial charge on any atom is 0.338 e. The van der Waals surface area contributed by atoms with Gasteiger partial charge in [0.25, 0.3) is 0 Å². The highest BCUT2D eigenvalue weighted by molar-refractivity contribution is 5.86. The van der Waals surface area contributed by atoms with Crippen LogP contribution in [0.15, 0.2) is 42.7 Å². The number of anilines is 1. The van der Waals surface area contributed by atoms with Gasteiger partial charge in [0.15, 0.2) is 5.82 Å². The second kappa shape index (κ2) is 7.34. The maximum atomic E-state index is 13.1. The molecule has 0 spiro atoms. The molecule has 2 fully saturated rings. The zero-order valence-corrected chi connectivity index (χ0v) is 15.0. The summed E-state index contributed by atoms with van der Waals surface area (Å²) in [5, 5.41) is 8.99. The highest BCUT2D eigenvalue weighted by Crippen LogP contribution is 2.33. The van der Waals surface area contributed by atoms with E-state index in [-0.39, 0.29) is 23.4 Å². The van der Waals surface area contributed by atoms with Crippen molar-refractivity contribution in [3.05, 3.63) is 54.1 Å². The van der Waals surface area contributed by atoms with Crippen molar-refractivity contribution in [3.8, 4) is 0 Å². The maximum absolute atomic E-state index is 13.1. The summed E-state index contributed by atoms with van der Waals surface area (Å²) in [5.74, 6) is -0.387. The number of likely N-dealkylation sites (tertiary alicyclic amines) is 1. The number of carboxylic acid groups (broad SMARTS) is 1. The fraction of sp³-hybridized carbons (Fsp3) is 0.400. The molecule has 2 aliphatic rings. The van der Waals surface area contributed by atoms with E-state index < -0.39 is 5.97 Å². The quantitative estimate of drug-likeness (QED) is 0.894. The van der Waals surface area contributed by atoms with Crippen LogP contribution < -0.4 is 4.90 Å². The lowest BCUT2D eigenvalue weighted by Gasteiger charge is -2.26. The number of amides is 1. The van der Waals surface area contributed by atoms with Crippen molar-refractivity contribution in [2.75, 3.05) is 24.5 Å². The van der Waals surface area contributed by atoms with E-state index in [4.69, 9.17) is 5.11 Å². The molecule has 7 nitrogen and oxygen atoms in total. The smallest absolute Gasteiger partial charge is 0.338 e. The standard InChI is InChI=1S/C20H22N4O3/c25-19(14-8-10-23(13-14)16-5-2-1-3-6-16)24-9-4-7-17(24)18-21-11-15(12-22-18)20(26)27/h1-3,5-6,11-12,14,17H,4,7-10,13H2,(H,26,27). The van der Waals surface area contributed by atoms with Gasteiger partial charge in [0.2, 0.25) is 5.91 Å². The second-order valence-electron chi connectivity index (χ2n) is 7.09. The Kier molecular flexibility index (Phi) is 4.75. The lowest BCUT2D eigenvalue weighted by molar-refractivity contribution is -0.136. The van der Waals surface area contributed by atoms with Crippen molar-refractivity contribution >= 4 is 17.6 Å².